The SMILES string of the molecule is CCCc1c(Cc2ccc(-c3ccccc3)c(C3=NNC(=O)C3)c2)c(=O)n(C2CCC(C)(OCC(C)(C)O)CC2)c2ncnn12. The highest BCUT2D eigenvalue weighted by atomic mass is 16.5. The lowest BCUT2D eigenvalue weighted by molar-refractivity contribution is -0.119. The molecule has 2 aliphatic rings. The molecular weight excluding hydrogens is 568 g/mol. The number of benzene rings is 2. The second-order valence-electron chi connectivity index (χ2n) is 13.3. The average Bonchev–Trinajstić information content (AvgIpc) is 3.68. The van der Waals surface area contributed by atoms with Crippen LogP contribution in [0, 0.1) is 0 Å². The van der Waals surface area contributed by atoms with Crippen molar-refractivity contribution in [2.45, 2.75) is 96.3 Å². The quantitative estimate of drug-likeness (QED) is 0.261. The molecule has 6 rings (SSSR count). The Morgan fingerprint density at radius 1 is 1.09 bits per heavy atom. The summed E-state index contributed by atoms with van der Waals surface area (Å²) in [5.41, 5.74) is 7.45. The Morgan fingerprint density at radius 3 is 2.51 bits per heavy atom. The minimum atomic E-state index is -0.899. The Balaban J connectivity index is 1.38. The monoisotopic (exact) mass is 610 g/mol. The molecule has 0 saturated heterocycles. The van der Waals surface area contributed by atoms with Crippen LogP contribution < -0.4 is 11.0 Å². The first-order valence-electron chi connectivity index (χ1n) is 15.9. The zero-order valence-electron chi connectivity index (χ0n) is 26.5. The van der Waals surface area contributed by atoms with Crippen molar-refractivity contribution < 1.29 is 14.6 Å². The topological polar surface area (TPSA) is 123 Å². The molecule has 10 heteroatoms. The Morgan fingerprint density at radius 2 is 1.84 bits per heavy atom. The van der Waals surface area contributed by atoms with Gasteiger partial charge in [-0.15, -0.1) is 0 Å². The summed E-state index contributed by atoms with van der Waals surface area (Å²) in [6.07, 6.45) is 6.76. The predicted octanol–water partition coefficient (Wildman–Crippen LogP) is 4.99. The standard InChI is InChI=1S/C35H42N6O4/c1-5-9-30-28(19-23-12-13-26(24-10-7-6-8-11-24)27(18-23)29-20-31(42)39-38-29)32(43)40(33-36-22-37-41(30)33)25-14-16-35(4,17-15-25)45-21-34(2,3)44/h6-8,10-13,18,22,25,44H,5,9,14-17,19-21H2,1-4H3,(H,39,42). The molecule has 0 atom stereocenters. The molecule has 0 spiro atoms. The van der Waals surface area contributed by atoms with E-state index in [9.17, 15) is 14.7 Å². The first-order valence-corrected chi connectivity index (χ1v) is 15.9. The number of aliphatic hydroxyl groups is 1. The van der Waals surface area contributed by atoms with Crippen molar-refractivity contribution in [2.75, 3.05) is 6.61 Å². The van der Waals surface area contributed by atoms with Gasteiger partial charge in [-0.2, -0.15) is 15.2 Å². The van der Waals surface area contributed by atoms with Gasteiger partial charge in [0, 0.05) is 23.6 Å². The van der Waals surface area contributed by atoms with E-state index in [1.165, 1.54) is 6.33 Å². The van der Waals surface area contributed by atoms with Crippen molar-refractivity contribution in [3.05, 3.63) is 87.6 Å². The summed E-state index contributed by atoms with van der Waals surface area (Å²) in [6, 6.07) is 16.2. The van der Waals surface area contributed by atoms with Crippen LogP contribution >= 0.6 is 0 Å². The highest BCUT2D eigenvalue weighted by Gasteiger charge is 2.36. The van der Waals surface area contributed by atoms with E-state index in [4.69, 9.17) is 4.74 Å². The third kappa shape index (κ3) is 6.48. The summed E-state index contributed by atoms with van der Waals surface area (Å²) in [7, 11) is 0. The van der Waals surface area contributed by atoms with Gasteiger partial charge in [-0.25, -0.2) is 9.94 Å². The molecule has 1 amide bonds. The van der Waals surface area contributed by atoms with Gasteiger partial charge in [0.2, 0.25) is 11.7 Å². The molecule has 1 aliphatic heterocycles. The minimum Gasteiger partial charge on any atom is -0.388 e. The number of carbonyl (C=O) groups excluding carboxylic acids is 1. The van der Waals surface area contributed by atoms with Crippen LogP contribution in [0.1, 0.15) is 94.6 Å². The number of nitrogens with zero attached hydrogens (tertiary/aromatic N) is 5. The van der Waals surface area contributed by atoms with Gasteiger partial charge in [-0.3, -0.25) is 14.2 Å². The fraction of sp³-hybridized carbons (Fsp3) is 0.457. The molecule has 2 N–H and O–H groups in total. The fourth-order valence-electron chi connectivity index (χ4n) is 6.57. The molecule has 0 radical (unpaired) electrons. The van der Waals surface area contributed by atoms with Gasteiger partial charge < -0.3 is 9.84 Å². The Hall–Kier alpha value is -4.15. The molecular formula is C35H42N6O4. The van der Waals surface area contributed by atoms with E-state index in [0.717, 1.165) is 60.1 Å². The summed E-state index contributed by atoms with van der Waals surface area (Å²) < 4.78 is 9.87. The largest absolute Gasteiger partial charge is 0.388 e. The van der Waals surface area contributed by atoms with Crippen molar-refractivity contribution >= 4 is 17.4 Å². The van der Waals surface area contributed by atoms with Gasteiger partial charge in [0.1, 0.15) is 6.33 Å². The maximum Gasteiger partial charge on any atom is 0.259 e. The van der Waals surface area contributed by atoms with Gasteiger partial charge in [0.05, 0.1) is 35.6 Å². The summed E-state index contributed by atoms with van der Waals surface area (Å²) in [4.78, 5) is 31.2. The van der Waals surface area contributed by atoms with Crippen LogP contribution in [0.15, 0.2) is 64.8 Å². The van der Waals surface area contributed by atoms with E-state index in [1.807, 2.05) is 39.4 Å². The van der Waals surface area contributed by atoms with Gasteiger partial charge >= 0.3 is 0 Å². The van der Waals surface area contributed by atoms with Crippen LogP contribution in [0.25, 0.3) is 16.9 Å². The molecule has 3 heterocycles. The van der Waals surface area contributed by atoms with Crippen molar-refractivity contribution in [1.82, 2.24) is 24.6 Å². The van der Waals surface area contributed by atoms with Crippen molar-refractivity contribution in [3.63, 3.8) is 0 Å². The van der Waals surface area contributed by atoms with Crippen molar-refractivity contribution in [2.24, 2.45) is 5.10 Å². The van der Waals surface area contributed by atoms with Crippen LogP contribution in [0.4, 0.5) is 0 Å². The number of carbonyl (C=O) groups is 1. The molecule has 0 unspecified atom stereocenters. The van der Waals surface area contributed by atoms with E-state index in [-0.39, 0.29) is 36.1 Å². The normalized spacial score (nSPS) is 20.4. The first-order chi connectivity index (χ1) is 21.5. The second kappa shape index (κ2) is 12.3. The first kappa shape index (κ1) is 30.9. The number of amides is 1. The van der Waals surface area contributed by atoms with Crippen LogP contribution in [-0.2, 0) is 22.4 Å². The zero-order chi connectivity index (χ0) is 31.8. The lowest BCUT2D eigenvalue weighted by atomic mass is 9.83. The molecule has 236 valence electrons. The zero-order valence-corrected chi connectivity index (χ0v) is 26.5. The van der Waals surface area contributed by atoms with Crippen LogP contribution in [0.3, 0.4) is 0 Å². The molecule has 0 bridgehead atoms. The van der Waals surface area contributed by atoms with E-state index < -0.39 is 5.60 Å². The highest BCUT2D eigenvalue weighted by molar-refractivity contribution is 6.16. The molecule has 1 saturated carbocycles. The molecule has 2 aromatic heterocycles. The molecule has 1 aliphatic carbocycles. The van der Waals surface area contributed by atoms with Crippen LogP contribution in [0.2, 0.25) is 0 Å². The number of aromatic nitrogens is 4. The lowest BCUT2D eigenvalue weighted by Gasteiger charge is -2.39. The van der Waals surface area contributed by atoms with Gasteiger partial charge in [-0.1, -0.05) is 55.8 Å². The molecule has 2 aromatic carbocycles. The maximum atomic E-state index is 14.5. The number of rotatable bonds is 10. The summed E-state index contributed by atoms with van der Waals surface area (Å²) in [5, 5.41) is 19.1. The lowest BCUT2D eigenvalue weighted by Crippen LogP contribution is -2.41. The minimum absolute atomic E-state index is 0.0336. The Bertz CT molecular complexity index is 1790. The molecule has 10 nitrogen and oxygen atoms in total. The number of hydrogen-bond donors (Lipinski definition) is 2. The number of ether oxygens (including phenoxy) is 1. The third-order valence-corrected chi connectivity index (χ3v) is 8.97. The smallest absolute Gasteiger partial charge is 0.259 e. The van der Waals surface area contributed by atoms with Gasteiger partial charge in [-0.05, 0) is 75.6 Å². The fourth-order valence-corrected chi connectivity index (χ4v) is 6.57. The molecule has 1 fully saturated rings. The third-order valence-electron chi connectivity index (χ3n) is 8.97. The second-order valence-corrected chi connectivity index (χ2v) is 13.3. The number of nitrogens with one attached hydrogen (secondary N) is 1. The maximum absolute atomic E-state index is 14.5. The van der Waals surface area contributed by atoms with E-state index in [2.05, 4.69) is 52.7 Å². The summed E-state index contributed by atoms with van der Waals surface area (Å²) >= 11 is 0. The summed E-state index contributed by atoms with van der Waals surface area (Å²) in [5.74, 6) is 0.441. The number of aryl methyl sites for hydroxylation is 1. The van der Waals surface area contributed by atoms with Gasteiger partial charge in [0.25, 0.3) is 5.56 Å². The number of hydrogen-bond acceptors (Lipinski definition) is 7. The Kier molecular flexibility index (Phi) is 8.45. The van der Waals surface area contributed by atoms with Crippen molar-refractivity contribution in [1.29, 1.82) is 0 Å². The molecule has 4 aromatic rings. The van der Waals surface area contributed by atoms with Crippen LogP contribution in [-0.4, -0.2) is 53.7 Å². The highest BCUT2D eigenvalue weighted by Crippen LogP contribution is 2.38. The number of fused-ring (bicyclic) bond motifs is 1. The van der Waals surface area contributed by atoms with Crippen molar-refractivity contribution in [3.8, 4) is 11.1 Å². The average molecular weight is 611 g/mol. The van der Waals surface area contributed by atoms with E-state index in [1.54, 1.807) is 13.8 Å². The Labute approximate surface area is 263 Å². The summed E-state index contributed by atoms with van der Waals surface area (Å²) in [6.45, 7) is 7.95. The number of hydrazone groups is 1. The van der Waals surface area contributed by atoms with E-state index in [0.29, 0.717) is 29.9 Å². The molecule has 45 heavy (non-hydrogen) atoms. The van der Waals surface area contributed by atoms with E-state index >= 15 is 0 Å². The van der Waals surface area contributed by atoms with Gasteiger partial charge in [0.15, 0.2) is 0 Å². The predicted molar refractivity (Wildman–Crippen MR) is 173 cm³/mol. The van der Waals surface area contributed by atoms with Crippen LogP contribution in [0.5, 0.6) is 0 Å².